The Hall–Kier alpha value is -3.89. The van der Waals surface area contributed by atoms with Gasteiger partial charge >= 0.3 is 11.6 Å². The normalized spacial score (nSPS) is 19.3. The van der Waals surface area contributed by atoms with Crippen LogP contribution in [-0.2, 0) is 19.1 Å². The smallest absolute Gasteiger partial charge is 0.351 e. The third-order valence-electron chi connectivity index (χ3n) is 11.6. The summed E-state index contributed by atoms with van der Waals surface area (Å²) >= 11 is 0. The van der Waals surface area contributed by atoms with E-state index in [2.05, 4.69) is 44.2 Å². The molecule has 0 bridgehead atoms. The highest BCUT2D eigenvalue weighted by Crippen LogP contribution is 2.49. The molecule has 1 aromatic heterocycles. The largest absolute Gasteiger partial charge is 0.497 e. The van der Waals surface area contributed by atoms with Crippen LogP contribution in [0.4, 0.5) is 14.6 Å². The molecule has 2 heterocycles. The van der Waals surface area contributed by atoms with Gasteiger partial charge in [-0.15, -0.1) is 0 Å². The summed E-state index contributed by atoms with van der Waals surface area (Å²) in [6.45, 7) is 20.2. The van der Waals surface area contributed by atoms with Gasteiger partial charge in [-0.3, -0.25) is 4.57 Å². The number of anilines is 1. The van der Waals surface area contributed by atoms with Crippen LogP contribution in [0.15, 0.2) is 95.9 Å². The van der Waals surface area contributed by atoms with Crippen molar-refractivity contribution in [3.63, 3.8) is 0 Å². The average Bonchev–Trinajstić information content (AvgIpc) is 3.37. The van der Waals surface area contributed by atoms with Gasteiger partial charge in [-0.1, -0.05) is 96.1 Å². The third-order valence-corrected chi connectivity index (χ3v) is 20.6. The van der Waals surface area contributed by atoms with E-state index < -0.39 is 52.2 Å². The number of benzene rings is 3. The predicted molar refractivity (Wildman–Crippen MR) is 219 cm³/mol. The van der Waals surface area contributed by atoms with Crippen molar-refractivity contribution in [2.24, 2.45) is 0 Å². The van der Waals surface area contributed by atoms with E-state index in [-0.39, 0.29) is 22.5 Å². The number of hydrogen-bond donors (Lipinski definition) is 1. The van der Waals surface area contributed by atoms with E-state index in [9.17, 15) is 4.79 Å². The SMILES string of the molecule is COc1ccc(C(Nc2ccn([C@@H]3O[C@H](CO[Si](C)(C)C(C)(C)C)[C@@H](O[Si](C)(C)C(C)(C)C)C3(F)F)c(=O)n2)(c2ccccc2)c2ccc(OC)cc2)cc1. The van der Waals surface area contributed by atoms with E-state index in [1.54, 1.807) is 14.2 Å². The zero-order chi connectivity index (χ0) is 40.6. The molecule has 0 unspecified atom stereocenters. The summed E-state index contributed by atoms with van der Waals surface area (Å²) in [6.07, 6.45) is -3.41. The first-order valence-electron chi connectivity index (χ1n) is 18.6. The fourth-order valence-corrected chi connectivity index (χ4v) is 8.50. The first-order chi connectivity index (χ1) is 25.6. The molecule has 0 aliphatic carbocycles. The summed E-state index contributed by atoms with van der Waals surface area (Å²) in [4.78, 5) is 18.4. The van der Waals surface area contributed by atoms with E-state index in [0.29, 0.717) is 11.5 Å². The molecule has 55 heavy (non-hydrogen) atoms. The first kappa shape index (κ1) is 42.3. The van der Waals surface area contributed by atoms with Crippen LogP contribution >= 0.6 is 0 Å². The van der Waals surface area contributed by atoms with Crippen LogP contribution in [0.3, 0.4) is 0 Å². The number of ether oxygens (including phenoxy) is 3. The lowest BCUT2D eigenvalue weighted by atomic mass is 9.77. The lowest BCUT2D eigenvalue weighted by molar-refractivity contribution is -0.138. The standard InChI is InChI=1S/C42H57F2N3O6Si2/c1-39(2,3)54(9,10)51-28-34-36(53-55(11,12)40(4,5)6)42(43,44)37(52-34)47-27-26-35(45-38(47)48)46-41(29-16-14-13-15-17-29,30-18-22-32(49-7)23-19-30)31-20-24-33(50-8)25-21-31/h13-27,34,36-37H,28H2,1-12H3,(H,45,46,48)/t34-,36-,37-/m1/s1. The van der Waals surface area contributed by atoms with E-state index in [0.717, 1.165) is 21.3 Å². The number of nitrogens with one attached hydrogen (secondary N) is 1. The van der Waals surface area contributed by atoms with Crippen molar-refractivity contribution >= 4 is 22.5 Å². The first-order valence-corrected chi connectivity index (χ1v) is 24.5. The Morgan fingerprint density at radius 3 is 1.71 bits per heavy atom. The van der Waals surface area contributed by atoms with Gasteiger partial charge in [-0.25, -0.2) is 4.79 Å². The molecule has 0 amide bonds. The highest BCUT2D eigenvalue weighted by atomic mass is 28.4. The molecule has 1 aliphatic rings. The molecule has 0 radical (unpaired) electrons. The summed E-state index contributed by atoms with van der Waals surface area (Å²) in [5.74, 6) is -2.08. The van der Waals surface area contributed by atoms with Crippen molar-refractivity contribution in [2.75, 3.05) is 26.1 Å². The Labute approximate surface area is 326 Å². The summed E-state index contributed by atoms with van der Waals surface area (Å²) in [6, 6.07) is 26.4. The Balaban J connectivity index is 1.58. The predicted octanol–water partition coefficient (Wildman–Crippen LogP) is 9.61. The van der Waals surface area contributed by atoms with Crippen LogP contribution in [0.1, 0.15) is 64.5 Å². The number of nitrogens with zero attached hydrogens (tertiary/aromatic N) is 2. The molecule has 13 heteroatoms. The molecule has 4 aromatic rings. The number of halogens is 2. The van der Waals surface area contributed by atoms with E-state index in [1.807, 2.05) is 113 Å². The summed E-state index contributed by atoms with van der Waals surface area (Å²) < 4.78 is 64.4. The quantitative estimate of drug-likeness (QED) is 0.106. The average molecular weight is 794 g/mol. The Bertz CT molecular complexity index is 1910. The van der Waals surface area contributed by atoms with Crippen LogP contribution in [0, 0.1) is 0 Å². The minimum Gasteiger partial charge on any atom is -0.497 e. The fraction of sp³-hybridized carbons (Fsp3) is 0.476. The summed E-state index contributed by atoms with van der Waals surface area (Å²) in [5.41, 5.74) is 0.483. The molecule has 5 rings (SSSR count). The number of rotatable bonds is 13. The second kappa shape index (κ2) is 15.6. The third kappa shape index (κ3) is 8.46. The molecule has 9 nitrogen and oxygen atoms in total. The molecule has 1 fully saturated rings. The number of methoxy groups -OCH3 is 2. The van der Waals surface area contributed by atoms with E-state index in [4.69, 9.17) is 23.1 Å². The molecule has 1 aliphatic heterocycles. The van der Waals surface area contributed by atoms with Gasteiger partial charge in [-0.05, 0) is 83.3 Å². The Kier molecular flexibility index (Phi) is 12.0. The maximum atomic E-state index is 16.8. The molecule has 0 saturated carbocycles. The summed E-state index contributed by atoms with van der Waals surface area (Å²) in [7, 11) is -1.89. The second-order valence-corrected chi connectivity index (χ2v) is 26.8. The van der Waals surface area contributed by atoms with Gasteiger partial charge in [0.05, 0.1) is 20.8 Å². The van der Waals surface area contributed by atoms with E-state index >= 15 is 8.78 Å². The monoisotopic (exact) mass is 793 g/mol. The van der Waals surface area contributed by atoms with E-state index in [1.165, 1.54) is 12.3 Å². The van der Waals surface area contributed by atoms with Crippen molar-refractivity contribution in [3.8, 4) is 11.5 Å². The van der Waals surface area contributed by atoms with Crippen LogP contribution in [0.25, 0.3) is 0 Å². The van der Waals surface area contributed by atoms with Gasteiger partial charge in [0.2, 0.25) is 6.23 Å². The van der Waals surface area contributed by atoms with Crippen molar-refractivity contribution in [1.82, 2.24) is 9.55 Å². The lowest BCUT2D eigenvalue weighted by Crippen LogP contribution is -2.53. The van der Waals surface area contributed by atoms with Crippen LogP contribution < -0.4 is 20.5 Å². The Morgan fingerprint density at radius 2 is 1.25 bits per heavy atom. The molecular formula is C42H57F2N3O6Si2. The molecule has 0 spiro atoms. The number of aromatic nitrogens is 2. The molecular weight excluding hydrogens is 737 g/mol. The zero-order valence-electron chi connectivity index (χ0n) is 34.2. The van der Waals surface area contributed by atoms with Crippen LogP contribution in [0.2, 0.25) is 36.3 Å². The fourth-order valence-electron chi connectivity index (χ4n) is 6.19. The minimum absolute atomic E-state index is 0.0903. The lowest BCUT2D eigenvalue weighted by Gasteiger charge is -2.41. The number of alkyl halides is 2. The molecule has 3 atom stereocenters. The topological polar surface area (TPSA) is 93.1 Å². The minimum atomic E-state index is -3.59. The van der Waals surface area contributed by atoms with Gasteiger partial charge in [-0.2, -0.15) is 13.8 Å². The van der Waals surface area contributed by atoms with Gasteiger partial charge in [0, 0.05) is 6.20 Å². The molecule has 1 saturated heterocycles. The Morgan fingerprint density at radius 1 is 0.764 bits per heavy atom. The molecule has 3 aromatic carbocycles. The van der Waals surface area contributed by atoms with Crippen molar-refractivity contribution in [1.29, 1.82) is 0 Å². The van der Waals surface area contributed by atoms with Crippen molar-refractivity contribution < 1.29 is 31.8 Å². The van der Waals surface area contributed by atoms with Gasteiger partial charge in [0.15, 0.2) is 16.6 Å². The molecule has 1 N–H and O–H groups in total. The second-order valence-electron chi connectivity index (χ2n) is 17.3. The van der Waals surface area contributed by atoms with Gasteiger partial charge < -0.3 is 28.4 Å². The van der Waals surface area contributed by atoms with Crippen molar-refractivity contribution in [3.05, 3.63) is 118 Å². The maximum Gasteiger partial charge on any atom is 0.351 e. The highest BCUT2D eigenvalue weighted by Gasteiger charge is 2.63. The van der Waals surface area contributed by atoms with Crippen LogP contribution in [0.5, 0.6) is 11.5 Å². The zero-order valence-corrected chi connectivity index (χ0v) is 36.2. The molecule has 298 valence electrons. The highest BCUT2D eigenvalue weighted by molar-refractivity contribution is 6.74. The van der Waals surface area contributed by atoms with Gasteiger partial charge in [0.1, 0.15) is 35.1 Å². The number of hydrogen-bond acceptors (Lipinski definition) is 8. The maximum absolute atomic E-state index is 16.8. The van der Waals surface area contributed by atoms with Crippen molar-refractivity contribution in [2.45, 2.75) is 108 Å². The van der Waals surface area contributed by atoms with Crippen LogP contribution in [-0.4, -0.2) is 65.1 Å². The van der Waals surface area contributed by atoms with Gasteiger partial charge in [0.25, 0.3) is 0 Å². The summed E-state index contributed by atoms with van der Waals surface area (Å²) in [5, 5.41) is 3.04.